The van der Waals surface area contributed by atoms with Gasteiger partial charge in [-0.3, -0.25) is 4.90 Å². The summed E-state index contributed by atoms with van der Waals surface area (Å²) in [6.07, 6.45) is 6.97. The molecule has 0 unspecified atom stereocenters. The van der Waals surface area contributed by atoms with Gasteiger partial charge in [0.25, 0.3) is 0 Å². The predicted molar refractivity (Wildman–Crippen MR) is 81.3 cm³/mol. The average molecular weight is 292 g/mol. The van der Waals surface area contributed by atoms with E-state index in [0.29, 0.717) is 17.3 Å². The van der Waals surface area contributed by atoms with Crippen molar-refractivity contribution >= 4 is 17.3 Å². The highest BCUT2D eigenvalue weighted by Gasteiger charge is 2.28. The van der Waals surface area contributed by atoms with Gasteiger partial charge in [0.15, 0.2) is 0 Å². The molecular weight excluding hydrogens is 272 g/mol. The van der Waals surface area contributed by atoms with Gasteiger partial charge in [-0.15, -0.1) is 24.5 Å². The SMILES string of the molecule is C=CCN(CC=C)Cc1nc(C2CCC2)c(C(=O)O)s1. The van der Waals surface area contributed by atoms with E-state index in [1.165, 1.54) is 17.8 Å². The van der Waals surface area contributed by atoms with E-state index < -0.39 is 5.97 Å². The Morgan fingerprint density at radius 1 is 1.40 bits per heavy atom. The summed E-state index contributed by atoms with van der Waals surface area (Å²) >= 11 is 1.30. The van der Waals surface area contributed by atoms with E-state index in [1.807, 2.05) is 12.2 Å². The number of hydrogen-bond acceptors (Lipinski definition) is 4. The van der Waals surface area contributed by atoms with Crippen LogP contribution >= 0.6 is 11.3 Å². The highest BCUT2D eigenvalue weighted by Crippen LogP contribution is 2.39. The fraction of sp³-hybridized carbons (Fsp3) is 0.467. The largest absolute Gasteiger partial charge is 0.477 e. The number of rotatable bonds is 8. The maximum absolute atomic E-state index is 11.3. The molecule has 0 aliphatic heterocycles. The third kappa shape index (κ3) is 3.35. The van der Waals surface area contributed by atoms with Crippen molar-refractivity contribution in [3.8, 4) is 0 Å². The number of carbonyl (C=O) groups is 1. The minimum absolute atomic E-state index is 0.346. The number of thiazole rings is 1. The van der Waals surface area contributed by atoms with Crippen LogP contribution in [0.2, 0.25) is 0 Å². The molecule has 2 rings (SSSR count). The minimum atomic E-state index is -0.852. The molecule has 108 valence electrons. The Labute approximate surface area is 123 Å². The van der Waals surface area contributed by atoms with Gasteiger partial charge in [-0.25, -0.2) is 9.78 Å². The molecule has 1 aliphatic carbocycles. The van der Waals surface area contributed by atoms with Crippen LogP contribution in [0.1, 0.15) is 45.6 Å². The number of nitrogens with zero attached hydrogens (tertiary/aromatic N) is 2. The number of carboxylic acids is 1. The molecule has 0 amide bonds. The molecule has 1 N–H and O–H groups in total. The standard InChI is InChI=1S/C15H20N2O2S/c1-3-8-17(9-4-2)10-12-16-13(11-6-5-7-11)14(20-12)15(18)19/h3-4,11H,1-2,5-10H2,(H,18,19). The maximum Gasteiger partial charge on any atom is 0.347 e. The Kier molecular flexibility index (Phi) is 5.09. The van der Waals surface area contributed by atoms with E-state index in [1.54, 1.807) is 0 Å². The summed E-state index contributed by atoms with van der Waals surface area (Å²) in [5.74, 6) is -0.506. The van der Waals surface area contributed by atoms with Crippen molar-refractivity contribution in [1.29, 1.82) is 0 Å². The van der Waals surface area contributed by atoms with Crippen LogP contribution in [-0.2, 0) is 6.54 Å². The fourth-order valence-corrected chi connectivity index (χ4v) is 3.35. The van der Waals surface area contributed by atoms with Gasteiger partial charge in [0, 0.05) is 19.0 Å². The van der Waals surface area contributed by atoms with E-state index in [4.69, 9.17) is 0 Å². The molecule has 0 aromatic carbocycles. The smallest absolute Gasteiger partial charge is 0.347 e. The molecule has 1 fully saturated rings. The van der Waals surface area contributed by atoms with Gasteiger partial charge in [-0.1, -0.05) is 18.6 Å². The molecule has 0 bridgehead atoms. The van der Waals surface area contributed by atoms with Crippen LogP contribution in [0.4, 0.5) is 0 Å². The van der Waals surface area contributed by atoms with Gasteiger partial charge in [0.1, 0.15) is 9.88 Å². The van der Waals surface area contributed by atoms with Gasteiger partial charge >= 0.3 is 5.97 Å². The van der Waals surface area contributed by atoms with E-state index in [2.05, 4.69) is 23.0 Å². The molecule has 0 atom stereocenters. The molecule has 0 spiro atoms. The number of aromatic nitrogens is 1. The zero-order valence-corrected chi connectivity index (χ0v) is 12.4. The van der Waals surface area contributed by atoms with Crippen LogP contribution in [-0.4, -0.2) is 34.0 Å². The summed E-state index contributed by atoms with van der Waals surface area (Å²) in [5.41, 5.74) is 0.793. The van der Waals surface area contributed by atoms with Crippen molar-refractivity contribution < 1.29 is 9.90 Å². The maximum atomic E-state index is 11.3. The molecule has 20 heavy (non-hydrogen) atoms. The Morgan fingerprint density at radius 2 is 2.05 bits per heavy atom. The quantitative estimate of drug-likeness (QED) is 0.747. The highest BCUT2D eigenvalue weighted by molar-refractivity contribution is 7.13. The third-order valence-corrected chi connectivity index (χ3v) is 4.56. The molecule has 1 heterocycles. The van der Waals surface area contributed by atoms with Gasteiger partial charge < -0.3 is 5.11 Å². The second-order valence-electron chi connectivity index (χ2n) is 5.03. The van der Waals surface area contributed by atoms with Crippen molar-refractivity contribution in [3.05, 3.63) is 40.9 Å². The lowest BCUT2D eigenvalue weighted by molar-refractivity contribution is 0.0699. The average Bonchev–Trinajstić information content (AvgIpc) is 2.71. The summed E-state index contributed by atoms with van der Waals surface area (Å²) in [6, 6.07) is 0. The molecular formula is C15H20N2O2S. The Bertz CT molecular complexity index is 496. The van der Waals surface area contributed by atoms with E-state index in [-0.39, 0.29) is 0 Å². The molecule has 0 radical (unpaired) electrons. The number of hydrogen-bond donors (Lipinski definition) is 1. The van der Waals surface area contributed by atoms with Crippen molar-refractivity contribution in [2.75, 3.05) is 13.1 Å². The first-order chi connectivity index (χ1) is 9.65. The van der Waals surface area contributed by atoms with Crippen LogP contribution in [0.25, 0.3) is 0 Å². The van der Waals surface area contributed by atoms with Gasteiger partial charge in [0.05, 0.1) is 12.2 Å². The van der Waals surface area contributed by atoms with Crippen LogP contribution in [0.3, 0.4) is 0 Å². The summed E-state index contributed by atoms with van der Waals surface area (Å²) in [4.78, 5) is 18.5. The lowest BCUT2D eigenvalue weighted by Crippen LogP contribution is -2.23. The number of aromatic carboxylic acids is 1. The van der Waals surface area contributed by atoms with Gasteiger partial charge in [0.2, 0.25) is 0 Å². The predicted octanol–water partition coefficient (Wildman–Crippen LogP) is 3.28. The summed E-state index contributed by atoms with van der Waals surface area (Å²) in [5, 5.41) is 10.2. The Hall–Kier alpha value is -1.46. The molecule has 1 aliphatic rings. The Balaban J connectivity index is 2.16. The lowest BCUT2D eigenvalue weighted by atomic mass is 9.82. The first-order valence-corrected chi connectivity index (χ1v) is 7.64. The van der Waals surface area contributed by atoms with Gasteiger partial charge in [-0.2, -0.15) is 0 Å². The van der Waals surface area contributed by atoms with Crippen molar-refractivity contribution in [1.82, 2.24) is 9.88 Å². The van der Waals surface area contributed by atoms with Crippen molar-refractivity contribution in [2.45, 2.75) is 31.7 Å². The van der Waals surface area contributed by atoms with E-state index in [9.17, 15) is 9.90 Å². The van der Waals surface area contributed by atoms with Crippen molar-refractivity contribution in [2.24, 2.45) is 0 Å². The topological polar surface area (TPSA) is 53.4 Å². The van der Waals surface area contributed by atoms with Crippen molar-refractivity contribution in [3.63, 3.8) is 0 Å². The number of carboxylic acid groups (broad SMARTS) is 1. The van der Waals surface area contributed by atoms with Crippen LogP contribution in [0.5, 0.6) is 0 Å². The molecule has 4 nitrogen and oxygen atoms in total. The van der Waals surface area contributed by atoms with Crippen LogP contribution in [0.15, 0.2) is 25.3 Å². The summed E-state index contributed by atoms with van der Waals surface area (Å²) in [7, 11) is 0. The minimum Gasteiger partial charge on any atom is -0.477 e. The Morgan fingerprint density at radius 3 is 2.50 bits per heavy atom. The second kappa shape index (κ2) is 6.81. The molecule has 0 saturated heterocycles. The van der Waals surface area contributed by atoms with E-state index in [0.717, 1.165) is 36.6 Å². The lowest BCUT2D eigenvalue weighted by Gasteiger charge is -2.24. The molecule has 1 aromatic rings. The van der Waals surface area contributed by atoms with Crippen LogP contribution in [0, 0.1) is 0 Å². The zero-order chi connectivity index (χ0) is 14.5. The third-order valence-electron chi connectivity index (χ3n) is 3.52. The normalized spacial score (nSPS) is 15.1. The van der Waals surface area contributed by atoms with Gasteiger partial charge in [-0.05, 0) is 12.8 Å². The molecule has 1 aromatic heterocycles. The first kappa shape index (κ1) is 14.9. The van der Waals surface area contributed by atoms with Crippen LogP contribution < -0.4 is 0 Å². The summed E-state index contributed by atoms with van der Waals surface area (Å²) in [6.45, 7) is 9.61. The summed E-state index contributed by atoms with van der Waals surface area (Å²) < 4.78 is 0. The molecule has 5 heteroatoms. The zero-order valence-electron chi connectivity index (χ0n) is 11.5. The van der Waals surface area contributed by atoms with E-state index >= 15 is 0 Å². The first-order valence-electron chi connectivity index (χ1n) is 6.82. The second-order valence-corrected chi connectivity index (χ2v) is 6.11. The highest BCUT2D eigenvalue weighted by atomic mass is 32.1. The fourth-order valence-electron chi connectivity index (χ4n) is 2.32. The molecule has 1 saturated carbocycles. The monoisotopic (exact) mass is 292 g/mol.